The van der Waals surface area contributed by atoms with Gasteiger partial charge in [0.05, 0.1) is 16.9 Å². The van der Waals surface area contributed by atoms with Gasteiger partial charge in [-0.2, -0.15) is 5.10 Å². The number of nitrogens with zero attached hydrogens (tertiary/aromatic N) is 2. The second kappa shape index (κ2) is 3.98. The first-order chi connectivity index (χ1) is 7.20. The normalized spacial score (nSPS) is 10.3. The van der Waals surface area contributed by atoms with Crippen LogP contribution < -0.4 is 0 Å². The van der Waals surface area contributed by atoms with Crippen molar-refractivity contribution in [3.8, 4) is 5.69 Å². The van der Waals surface area contributed by atoms with Crippen molar-refractivity contribution in [3.63, 3.8) is 0 Å². The zero-order valence-electron chi connectivity index (χ0n) is 8.14. The molecule has 0 saturated heterocycles. The van der Waals surface area contributed by atoms with Gasteiger partial charge in [-0.05, 0) is 25.1 Å². The molecule has 0 bridgehead atoms. The van der Waals surface area contributed by atoms with Crippen LogP contribution in [-0.4, -0.2) is 16.1 Å². The van der Waals surface area contributed by atoms with Crippen LogP contribution in [0.5, 0.6) is 0 Å². The molecule has 1 aromatic heterocycles. The molecule has 76 valence electrons. The highest BCUT2D eigenvalue weighted by atomic mass is 79.9. The Morgan fingerprint density at radius 2 is 2.27 bits per heavy atom. The lowest BCUT2D eigenvalue weighted by molar-refractivity contribution is 0.112. The van der Waals surface area contributed by atoms with E-state index in [0.717, 1.165) is 22.1 Å². The molecule has 1 aromatic carbocycles. The largest absolute Gasteiger partial charge is 0.298 e. The molecule has 0 aliphatic carbocycles. The lowest BCUT2D eigenvalue weighted by Gasteiger charge is -2.00. The predicted octanol–water partition coefficient (Wildman–Crippen LogP) is 2.76. The van der Waals surface area contributed by atoms with Crippen LogP contribution in [0.25, 0.3) is 5.69 Å². The van der Waals surface area contributed by atoms with Gasteiger partial charge in [-0.3, -0.25) is 4.79 Å². The second-order valence-corrected chi connectivity index (χ2v) is 4.13. The number of hydrogen-bond acceptors (Lipinski definition) is 2. The summed E-state index contributed by atoms with van der Waals surface area (Å²) < 4.78 is 2.69. The van der Waals surface area contributed by atoms with E-state index in [2.05, 4.69) is 21.0 Å². The van der Waals surface area contributed by atoms with E-state index >= 15 is 0 Å². The molecule has 2 rings (SSSR count). The quantitative estimate of drug-likeness (QED) is 0.782. The van der Waals surface area contributed by atoms with E-state index in [1.54, 1.807) is 10.9 Å². The maximum atomic E-state index is 10.7. The number of carbonyl (C=O) groups is 1. The minimum Gasteiger partial charge on any atom is -0.298 e. The molecule has 1 heterocycles. The number of hydrogen-bond donors (Lipinski definition) is 0. The molecule has 2 aromatic rings. The Morgan fingerprint density at radius 1 is 1.47 bits per heavy atom. The molecule has 0 amide bonds. The van der Waals surface area contributed by atoms with E-state index in [1.807, 2.05) is 31.2 Å². The van der Waals surface area contributed by atoms with Crippen LogP contribution in [0.1, 0.15) is 16.1 Å². The molecule has 0 aliphatic rings. The van der Waals surface area contributed by atoms with Gasteiger partial charge in [0.1, 0.15) is 0 Å². The highest BCUT2D eigenvalue weighted by molar-refractivity contribution is 9.10. The molecule has 15 heavy (non-hydrogen) atoms. The molecule has 0 atom stereocenters. The summed E-state index contributed by atoms with van der Waals surface area (Å²) in [5.74, 6) is 0. The summed E-state index contributed by atoms with van der Waals surface area (Å²) in [7, 11) is 0. The van der Waals surface area contributed by atoms with E-state index in [0.29, 0.717) is 5.56 Å². The van der Waals surface area contributed by atoms with Crippen molar-refractivity contribution in [2.45, 2.75) is 6.92 Å². The minimum absolute atomic E-state index is 0.620. The van der Waals surface area contributed by atoms with Gasteiger partial charge in [-0.25, -0.2) is 4.68 Å². The number of aldehydes is 1. The summed E-state index contributed by atoms with van der Waals surface area (Å²) in [4.78, 5) is 10.7. The number of rotatable bonds is 2. The number of aryl methyl sites for hydroxylation is 1. The number of benzene rings is 1. The van der Waals surface area contributed by atoms with E-state index < -0.39 is 0 Å². The molecular formula is C11H9BrN2O. The molecule has 4 heteroatoms. The Hall–Kier alpha value is -1.42. The standard InChI is InChI=1S/C11H9BrN2O/c1-8-9(7-15)6-14(13-8)11-4-2-3-10(12)5-11/h2-7H,1H3. The maximum absolute atomic E-state index is 10.7. The Balaban J connectivity index is 2.49. The van der Waals surface area contributed by atoms with Gasteiger partial charge in [0, 0.05) is 10.7 Å². The monoisotopic (exact) mass is 264 g/mol. The molecule has 0 radical (unpaired) electrons. The Labute approximate surface area is 95.9 Å². The SMILES string of the molecule is Cc1nn(-c2cccc(Br)c2)cc1C=O. The molecule has 0 spiro atoms. The topological polar surface area (TPSA) is 34.9 Å². The summed E-state index contributed by atoms with van der Waals surface area (Å²) in [6.45, 7) is 1.82. The Morgan fingerprint density at radius 3 is 2.87 bits per heavy atom. The zero-order valence-corrected chi connectivity index (χ0v) is 9.73. The van der Waals surface area contributed by atoms with Gasteiger partial charge in [0.25, 0.3) is 0 Å². The first kappa shape index (κ1) is 10.1. The van der Waals surface area contributed by atoms with Crippen LogP contribution in [-0.2, 0) is 0 Å². The van der Waals surface area contributed by atoms with Crippen LogP contribution in [0.3, 0.4) is 0 Å². The third-order valence-electron chi connectivity index (χ3n) is 2.14. The van der Waals surface area contributed by atoms with Gasteiger partial charge in [-0.15, -0.1) is 0 Å². The van der Waals surface area contributed by atoms with Crippen molar-refractivity contribution in [2.24, 2.45) is 0 Å². The molecule has 3 nitrogen and oxygen atoms in total. The van der Waals surface area contributed by atoms with Crippen molar-refractivity contribution < 1.29 is 4.79 Å². The minimum atomic E-state index is 0.620. The third kappa shape index (κ3) is 1.99. The highest BCUT2D eigenvalue weighted by Gasteiger charge is 2.04. The van der Waals surface area contributed by atoms with Crippen molar-refractivity contribution in [3.05, 3.63) is 46.2 Å². The first-order valence-electron chi connectivity index (χ1n) is 4.48. The first-order valence-corrected chi connectivity index (χ1v) is 5.27. The second-order valence-electron chi connectivity index (χ2n) is 3.21. The van der Waals surface area contributed by atoms with Gasteiger partial charge < -0.3 is 0 Å². The van der Waals surface area contributed by atoms with Crippen molar-refractivity contribution >= 4 is 22.2 Å². The number of halogens is 1. The third-order valence-corrected chi connectivity index (χ3v) is 2.63. The van der Waals surface area contributed by atoms with Gasteiger partial charge in [0.2, 0.25) is 0 Å². The van der Waals surface area contributed by atoms with E-state index in [-0.39, 0.29) is 0 Å². The predicted molar refractivity (Wildman–Crippen MR) is 61.4 cm³/mol. The summed E-state index contributed by atoms with van der Waals surface area (Å²) in [6.07, 6.45) is 2.54. The van der Waals surface area contributed by atoms with E-state index in [4.69, 9.17) is 0 Å². The van der Waals surface area contributed by atoms with Gasteiger partial charge in [-0.1, -0.05) is 22.0 Å². The molecule has 0 fully saturated rings. The highest BCUT2D eigenvalue weighted by Crippen LogP contribution is 2.16. The maximum Gasteiger partial charge on any atom is 0.153 e. The Bertz CT molecular complexity index is 505. The lowest BCUT2D eigenvalue weighted by atomic mass is 10.3. The average molecular weight is 265 g/mol. The zero-order chi connectivity index (χ0) is 10.8. The van der Waals surface area contributed by atoms with Crippen LogP contribution in [0.15, 0.2) is 34.9 Å². The number of carbonyl (C=O) groups excluding carboxylic acids is 1. The van der Waals surface area contributed by atoms with Gasteiger partial charge >= 0.3 is 0 Å². The summed E-state index contributed by atoms with van der Waals surface area (Å²) in [5.41, 5.74) is 2.29. The fourth-order valence-corrected chi connectivity index (χ4v) is 1.73. The molecule has 0 aliphatic heterocycles. The van der Waals surface area contributed by atoms with Crippen molar-refractivity contribution in [1.82, 2.24) is 9.78 Å². The Kier molecular flexibility index (Phi) is 2.68. The average Bonchev–Trinajstić information content (AvgIpc) is 2.60. The lowest BCUT2D eigenvalue weighted by Crippen LogP contribution is -1.94. The van der Waals surface area contributed by atoms with Crippen molar-refractivity contribution in [1.29, 1.82) is 0 Å². The molecule has 0 N–H and O–H groups in total. The fraction of sp³-hybridized carbons (Fsp3) is 0.0909. The summed E-state index contributed by atoms with van der Waals surface area (Å²) >= 11 is 3.39. The summed E-state index contributed by atoms with van der Waals surface area (Å²) in [5, 5.41) is 4.26. The molecule has 0 saturated carbocycles. The summed E-state index contributed by atoms with van der Waals surface area (Å²) in [6, 6.07) is 7.75. The molecule has 0 unspecified atom stereocenters. The smallest absolute Gasteiger partial charge is 0.153 e. The van der Waals surface area contributed by atoms with E-state index in [9.17, 15) is 4.79 Å². The van der Waals surface area contributed by atoms with Gasteiger partial charge in [0.15, 0.2) is 6.29 Å². The number of aromatic nitrogens is 2. The van der Waals surface area contributed by atoms with Crippen LogP contribution in [0, 0.1) is 6.92 Å². The van der Waals surface area contributed by atoms with Crippen molar-refractivity contribution in [2.75, 3.05) is 0 Å². The molecular weight excluding hydrogens is 256 g/mol. The van der Waals surface area contributed by atoms with Crippen LogP contribution >= 0.6 is 15.9 Å². The van der Waals surface area contributed by atoms with Crippen LogP contribution in [0.2, 0.25) is 0 Å². The fourth-order valence-electron chi connectivity index (χ4n) is 1.34. The van der Waals surface area contributed by atoms with Crippen LogP contribution in [0.4, 0.5) is 0 Å². The van der Waals surface area contributed by atoms with E-state index in [1.165, 1.54) is 0 Å².